The van der Waals surface area contributed by atoms with Crippen LogP contribution in [0, 0.1) is 17.0 Å². The Bertz CT molecular complexity index is 1980. The van der Waals surface area contributed by atoms with Crippen molar-refractivity contribution >= 4 is 55.1 Å². The summed E-state index contributed by atoms with van der Waals surface area (Å²) in [5.41, 5.74) is 6.49. The number of aryl methyl sites for hydroxylation is 1. The Hall–Kier alpha value is -5.22. The van der Waals surface area contributed by atoms with Crippen LogP contribution in [0.3, 0.4) is 0 Å². The van der Waals surface area contributed by atoms with E-state index in [1.807, 2.05) is 0 Å². The number of nitro groups is 1. The van der Waals surface area contributed by atoms with E-state index >= 15 is 0 Å². The van der Waals surface area contributed by atoms with Gasteiger partial charge in [-0.25, -0.2) is 0 Å². The van der Waals surface area contributed by atoms with Gasteiger partial charge in [-0.1, -0.05) is 72.8 Å². The number of non-ortho nitro benzene ring substituents is 1. The summed E-state index contributed by atoms with van der Waals surface area (Å²) in [7, 11) is 0. The highest BCUT2D eigenvalue weighted by Crippen LogP contribution is 2.44. The lowest BCUT2D eigenvalue weighted by Gasteiger charge is -2.28. The first-order valence-corrected chi connectivity index (χ1v) is 12.9. The van der Waals surface area contributed by atoms with Crippen molar-refractivity contribution < 1.29 is 4.92 Å². The van der Waals surface area contributed by atoms with Crippen LogP contribution in [0.4, 0.5) is 22.7 Å². The maximum Gasteiger partial charge on any atom is 0.269 e. The SMILES string of the molecule is Cc1cccc(N(c2ccc(-c3ccc([N+](=O)[O-])cc3)cc2)c2ccc3ccc4cccc5ccc2c3c45)c1. The smallest absolute Gasteiger partial charge is 0.269 e. The lowest BCUT2D eigenvalue weighted by atomic mass is 9.93. The van der Waals surface area contributed by atoms with Crippen LogP contribution in [0.1, 0.15) is 5.56 Å². The Kier molecular flexibility index (Phi) is 5.27. The number of hydrogen-bond donors (Lipinski definition) is 0. The molecule has 0 saturated carbocycles. The molecule has 186 valence electrons. The lowest BCUT2D eigenvalue weighted by Crippen LogP contribution is -2.10. The average Bonchev–Trinajstić information content (AvgIpc) is 2.97. The molecule has 0 atom stereocenters. The van der Waals surface area contributed by atoms with Crippen LogP contribution in [0.2, 0.25) is 0 Å². The minimum absolute atomic E-state index is 0.0926. The number of nitrogens with zero attached hydrogens (tertiary/aromatic N) is 2. The Labute approximate surface area is 225 Å². The molecule has 0 radical (unpaired) electrons. The van der Waals surface area contributed by atoms with Gasteiger partial charge in [0.05, 0.1) is 10.6 Å². The molecule has 0 unspecified atom stereocenters. The summed E-state index contributed by atoms with van der Waals surface area (Å²) in [6.45, 7) is 2.11. The highest BCUT2D eigenvalue weighted by atomic mass is 16.6. The molecule has 0 aliphatic heterocycles. The van der Waals surface area contributed by atoms with Crippen LogP contribution >= 0.6 is 0 Å². The Balaban J connectivity index is 1.41. The van der Waals surface area contributed by atoms with Crippen molar-refractivity contribution in [2.24, 2.45) is 0 Å². The van der Waals surface area contributed by atoms with E-state index in [1.54, 1.807) is 24.3 Å². The molecular weight excluding hydrogens is 480 g/mol. The molecule has 7 aromatic carbocycles. The summed E-state index contributed by atoms with van der Waals surface area (Å²) in [6, 6.07) is 43.5. The highest BCUT2D eigenvalue weighted by Gasteiger charge is 2.18. The number of benzene rings is 7. The Morgan fingerprint density at radius 1 is 0.590 bits per heavy atom. The molecule has 0 spiro atoms. The van der Waals surface area contributed by atoms with Crippen LogP contribution in [0.15, 0.2) is 127 Å². The van der Waals surface area contributed by atoms with E-state index in [-0.39, 0.29) is 10.6 Å². The van der Waals surface area contributed by atoms with Gasteiger partial charge in [-0.2, -0.15) is 0 Å². The second kappa shape index (κ2) is 8.96. The fraction of sp³-hybridized carbons (Fsp3) is 0.0286. The highest BCUT2D eigenvalue weighted by molar-refractivity contribution is 6.25. The van der Waals surface area contributed by atoms with Gasteiger partial charge in [-0.3, -0.25) is 10.1 Å². The number of hydrogen-bond acceptors (Lipinski definition) is 3. The van der Waals surface area contributed by atoms with E-state index in [9.17, 15) is 10.1 Å². The molecular formula is C35H24N2O2. The summed E-state index contributed by atoms with van der Waals surface area (Å²) < 4.78 is 0. The molecule has 7 rings (SSSR count). The third-order valence-corrected chi connectivity index (χ3v) is 7.54. The van der Waals surface area contributed by atoms with Crippen molar-refractivity contribution in [1.29, 1.82) is 0 Å². The second-order valence-corrected chi connectivity index (χ2v) is 9.97. The lowest BCUT2D eigenvalue weighted by molar-refractivity contribution is -0.384. The monoisotopic (exact) mass is 504 g/mol. The van der Waals surface area contributed by atoms with Gasteiger partial charge in [-0.05, 0) is 93.0 Å². The van der Waals surface area contributed by atoms with Crippen molar-refractivity contribution in [3.05, 3.63) is 143 Å². The molecule has 0 aromatic heterocycles. The molecule has 0 aliphatic rings. The maximum absolute atomic E-state index is 11.1. The van der Waals surface area contributed by atoms with Crippen molar-refractivity contribution in [2.45, 2.75) is 6.92 Å². The van der Waals surface area contributed by atoms with Crippen molar-refractivity contribution in [2.75, 3.05) is 4.90 Å². The van der Waals surface area contributed by atoms with Crippen molar-refractivity contribution in [1.82, 2.24) is 0 Å². The molecule has 7 aromatic rings. The van der Waals surface area contributed by atoms with Gasteiger partial charge >= 0.3 is 0 Å². The standard InChI is InChI=1S/C35H24N2O2/c1-23-4-2-7-31(22-23)36(29-16-10-24(11-17-29)25-12-18-30(19-13-25)37(38)39)33-21-15-28-9-8-26-5-3-6-27-14-20-32(33)35(28)34(26)27/h2-22H,1H3. The molecule has 4 heteroatoms. The molecule has 0 amide bonds. The number of nitro benzene ring substituents is 1. The van der Waals surface area contributed by atoms with Gasteiger partial charge in [0.1, 0.15) is 0 Å². The van der Waals surface area contributed by atoms with Crippen LogP contribution in [-0.2, 0) is 0 Å². The zero-order chi connectivity index (χ0) is 26.5. The third-order valence-electron chi connectivity index (χ3n) is 7.54. The minimum atomic E-state index is -0.372. The molecule has 4 nitrogen and oxygen atoms in total. The van der Waals surface area contributed by atoms with Crippen LogP contribution in [0.5, 0.6) is 0 Å². The van der Waals surface area contributed by atoms with Crippen LogP contribution in [0.25, 0.3) is 43.4 Å². The predicted molar refractivity (Wildman–Crippen MR) is 162 cm³/mol. The number of anilines is 3. The molecule has 0 saturated heterocycles. The van der Waals surface area contributed by atoms with E-state index in [1.165, 1.54) is 37.9 Å². The fourth-order valence-electron chi connectivity index (χ4n) is 5.69. The molecule has 0 bridgehead atoms. The average molecular weight is 505 g/mol. The number of rotatable bonds is 5. The fourth-order valence-corrected chi connectivity index (χ4v) is 5.69. The first-order valence-electron chi connectivity index (χ1n) is 12.9. The van der Waals surface area contributed by atoms with Crippen LogP contribution in [-0.4, -0.2) is 4.92 Å². The van der Waals surface area contributed by atoms with E-state index in [4.69, 9.17) is 0 Å². The van der Waals surface area contributed by atoms with Gasteiger partial charge in [0.2, 0.25) is 0 Å². The first kappa shape index (κ1) is 22.9. The van der Waals surface area contributed by atoms with E-state index in [0.717, 1.165) is 28.2 Å². The molecule has 0 N–H and O–H groups in total. The van der Waals surface area contributed by atoms with Crippen molar-refractivity contribution in [3.8, 4) is 11.1 Å². The molecule has 0 fully saturated rings. The van der Waals surface area contributed by atoms with Gasteiger partial charge in [0.15, 0.2) is 0 Å². The molecule has 0 aliphatic carbocycles. The van der Waals surface area contributed by atoms with Crippen LogP contribution < -0.4 is 4.90 Å². The zero-order valence-electron chi connectivity index (χ0n) is 21.3. The summed E-state index contributed by atoms with van der Waals surface area (Å²) >= 11 is 0. The summed E-state index contributed by atoms with van der Waals surface area (Å²) in [5.74, 6) is 0. The zero-order valence-corrected chi connectivity index (χ0v) is 21.3. The molecule has 39 heavy (non-hydrogen) atoms. The second-order valence-electron chi connectivity index (χ2n) is 9.97. The van der Waals surface area contributed by atoms with E-state index < -0.39 is 0 Å². The van der Waals surface area contributed by atoms with E-state index in [2.05, 4.69) is 115 Å². The first-order chi connectivity index (χ1) is 19.1. The van der Waals surface area contributed by atoms with Gasteiger partial charge < -0.3 is 4.90 Å². The minimum Gasteiger partial charge on any atom is -0.310 e. The van der Waals surface area contributed by atoms with Gasteiger partial charge in [0, 0.05) is 28.9 Å². The summed E-state index contributed by atoms with van der Waals surface area (Å²) in [4.78, 5) is 13.0. The largest absolute Gasteiger partial charge is 0.310 e. The maximum atomic E-state index is 11.1. The third kappa shape index (κ3) is 3.85. The Morgan fingerprint density at radius 3 is 1.85 bits per heavy atom. The summed E-state index contributed by atoms with van der Waals surface area (Å²) in [5, 5.41) is 18.6. The van der Waals surface area contributed by atoms with Gasteiger partial charge in [-0.15, -0.1) is 0 Å². The van der Waals surface area contributed by atoms with E-state index in [0.29, 0.717) is 0 Å². The topological polar surface area (TPSA) is 46.4 Å². The van der Waals surface area contributed by atoms with Crippen molar-refractivity contribution in [3.63, 3.8) is 0 Å². The normalized spacial score (nSPS) is 11.4. The quantitative estimate of drug-likeness (QED) is 0.133. The van der Waals surface area contributed by atoms with Gasteiger partial charge in [0.25, 0.3) is 5.69 Å². The molecule has 0 heterocycles. The summed E-state index contributed by atoms with van der Waals surface area (Å²) in [6.07, 6.45) is 0. The Morgan fingerprint density at radius 2 is 1.18 bits per heavy atom. The predicted octanol–water partition coefficient (Wildman–Crippen LogP) is 9.94.